The zero-order chi connectivity index (χ0) is 19.9. The van der Waals surface area contributed by atoms with E-state index in [0.29, 0.717) is 6.54 Å². The Bertz CT molecular complexity index is 959. The zero-order valence-electron chi connectivity index (χ0n) is 15.3. The van der Waals surface area contributed by atoms with Gasteiger partial charge in [0, 0.05) is 11.9 Å². The summed E-state index contributed by atoms with van der Waals surface area (Å²) in [7, 11) is 0. The van der Waals surface area contributed by atoms with Gasteiger partial charge in [-0.3, -0.25) is 4.79 Å². The molecule has 0 unspecified atom stereocenters. The number of hydrogen-bond donors (Lipinski definition) is 0. The van der Waals surface area contributed by atoms with Gasteiger partial charge in [0.1, 0.15) is 5.15 Å². The lowest BCUT2D eigenvalue weighted by atomic mass is 10.1. The van der Waals surface area contributed by atoms with E-state index in [1.165, 1.54) is 18.3 Å². The summed E-state index contributed by atoms with van der Waals surface area (Å²) in [5.74, 6) is -0.939. The van der Waals surface area contributed by atoms with Gasteiger partial charge in [0.2, 0.25) is 0 Å². The fourth-order valence-corrected chi connectivity index (χ4v) is 2.78. The predicted molar refractivity (Wildman–Crippen MR) is 108 cm³/mol. The predicted octanol–water partition coefficient (Wildman–Crippen LogP) is 4.43. The molecule has 3 rings (SSSR count). The summed E-state index contributed by atoms with van der Waals surface area (Å²) in [6, 6.07) is 20.3. The van der Waals surface area contributed by atoms with Gasteiger partial charge in [-0.1, -0.05) is 54.1 Å². The summed E-state index contributed by atoms with van der Waals surface area (Å²) in [5.41, 5.74) is 3.00. The van der Waals surface area contributed by atoms with Crippen molar-refractivity contribution in [3.8, 4) is 0 Å². The summed E-state index contributed by atoms with van der Waals surface area (Å²) in [4.78, 5) is 30.5. The molecule has 0 fully saturated rings. The molecule has 0 saturated carbocycles. The van der Waals surface area contributed by atoms with Gasteiger partial charge in [0.25, 0.3) is 5.91 Å². The Balaban J connectivity index is 1.74. The molecular weight excluding hydrogens is 376 g/mol. The molecule has 0 N–H and O–H groups in total. The van der Waals surface area contributed by atoms with Gasteiger partial charge in [-0.25, -0.2) is 9.78 Å². The molecule has 28 heavy (non-hydrogen) atoms. The molecule has 0 aliphatic rings. The third-order valence-electron chi connectivity index (χ3n) is 4.09. The van der Waals surface area contributed by atoms with Crippen molar-refractivity contribution in [1.29, 1.82) is 0 Å². The Morgan fingerprint density at radius 3 is 2.50 bits per heavy atom. The van der Waals surface area contributed by atoms with Crippen LogP contribution in [0.4, 0.5) is 5.69 Å². The number of aromatic nitrogens is 1. The number of rotatable bonds is 6. The molecule has 3 aromatic rings. The number of aryl methyl sites for hydroxylation is 1. The summed E-state index contributed by atoms with van der Waals surface area (Å²) in [5, 5.41) is 0.279. The molecule has 5 nitrogen and oxygen atoms in total. The smallest absolute Gasteiger partial charge is 0.340 e. The monoisotopic (exact) mass is 394 g/mol. The molecule has 0 atom stereocenters. The van der Waals surface area contributed by atoms with Crippen LogP contribution in [0, 0.1) is 6.92 Å². The van der Waals surface area contributed by atoms with Crippen LogP contribution in [-0.2, 0) is 16.1 Å². The summed E-state index contributed by atoms with van der Waals surface area (Å²) in [6.45, 7) is 1.97. The zero-order valence-corrected chi connectivity index (χ0v) is 16.1. The van der Waals surface area contributed by atoms with E-state index >= 15 is 0 Å². The largest absolute Gasteiger partial charge is 0.452 e. The van der Waals surface area contributed by atoms with Crippen molar-refractivity contribution in [2.45, 2.75) is 13.5 Å². The van der Waals surface area contributed by atoms with Crippen LogP contribution in [0.1, 0.15) is 21.5 Å². The van der Waals surface area contributed by atoms with Crippen LogP contribution in [0.3, 0.4) is 0 Å². The van der Waals surface area contributed by atoms with Crippen LogP contribution in [0.15, 0.2) is 72.9 Å². The first-order valence-electron chi connectivity index (χ1n) is 8.72. The van der Waals surface area contributed by atoms with Crippen molar-refractivity contribution in [3.63, 3.8) is 0 Å². The van der Waals surface area contributed by atoms with Gasteiger partial charge in [-0.2, -0.15) is 0 Å². The maximum Gasteiger partial charge on any atom is 0.340 e. The number of esters is 1. The van der Waals surface area contributed by atoms with Crippen LogP contribution in [0.2, 0.25) is 5.15 Å². The van der Waals surface area contributed by atoms with Crippen LogP contribution in [-0.4, -0.2) is 23.5 Å². The first-order valence-corrected chi connectivity index (χ1v) is 9.10. The van der Waals surface area contributed by atoms with E-state index in [-0.39, 0.29) is 23.2 Å². The maximum atomic E-state index is 12.9. The number of benzene rings is 2. The Morgan fingerprint density at radius 1 is 1.04 bits per heavy atom. The Kier molecular flexibility index (Phi) is 6.40. The Hall–Kier alpha value is -3.18. The molecular formula is C22H19ClN2O3. The maximum absolute atomic E-state index is 12.9. The summed E-state index contributed by atoms with van der Waals surface area (Å²) >= 11 is 5.72. The van der Waals surface area contributed by atoms with Crippen molar-refractivity contribution < 1.29 is 14.3 Å². The van der Waals surface area contributed by atoms with Gasteiger partial charge in [0.05, 0.1) is 12.1 Å². The average molecular weight is 395 g/mol. The number of anilines is 1. The number of carbonyl (C=O) groups is 2. The van der Waals surface area contributed by atoms with E-state index in [2.05, 4.69) is 4.98 Å². The molecule has 0 aliphatic carbocycles. The van der Waals surface area contributed by atoms with Gasteiger partial charge in [0.15, 0.2) is 6.61 Å². The molecule has 1 aromatic heterocycles. The first kappa shape index (κ1) is 19.6. The average Bonchev–Trinajstić information content (AvgIpc) is 2.71. The van der Waals surface area contributed by atoms with Gasteiger partial charge < -0.3 is 9.64 Å². The fourth-order valence-electron chi connectivity index (χ4n) is 2.67. The van der Waals surface area contributed by atoms with E-state index in [1.54, 1.807) is 4.90 Å². The number of ether oxygens (including phenoxy) is 1. The second kappa shape index (κ2) is 9.15. The minimum atomic E-state index is -0.624. The molecule has 2 aromatic carbocycles. The van der Waals surface area contributed by atoms with Crippen LogP contribution in [0.5, 0.6) is 0 Å². The molecule has 1 heterocycles. The van der Waals surface area contributed by atoms with Crippen molar-refractivity contribution in [2.75, 3.05) is 11.5 Å². The summed E-state index contributed by atoms with van der Waals surface area (Å²) in [6.07, 6.45) is 1.32. The van der Waals surface area contributed by atoms with Crippen LogP contribution < -0.4 is 4.90 Å². The van der Waals surface area contributed by atoms with Crippen molar-refractivity contribution in [3.05, 3.63) is 94.8 Å². The number of nitrogens with zero attached hydrogens (tertiary/aromatic N) is 2. The molecule has 1 amide bonds. The number of carbonyl (C=O) groups excluding carboxylic acids is 2. The highest BCUT2D eigenvalue weighted by Crippen LogP contribution is 2.19. The minimum Gasteiger partial charge on any atom is -0.452 e. The lowest BCUT2D eigenvalue weighted by molar-refractivity contribution is -0.121. The highest BCUT2D eigenvalue weighted by molar-refractivity contribution is 6.29. The van der Waals surface area contributed by atoms with E-state index in [1.807, 2.05) is 61.5 Å². The molecule has 0 saturated heterocycles. The Labute approximate surface area is 168 Å². The molecule has 0 bridgehead atoms. The molecule has 0 spiro atoms. The summed E-state index contributed by atoms with van der Waals surface area (Å²) < 4.78 is 5.19. The number of amides is 1. The third-order valence-corrected chi connectivity index (χ3v) is 4.31. The highest BCUT2D eigenvalue weighted by atomic mass is 35.5. The molecule has 6 heteroatoms. The third kappa shape index (κ3) is 5.18. The first-order chi connectivity index (χ1) is 13.5. The quantitative estimate of drug-likeness (QED) is 0.458. The SMILES string of the molecule is Cc1cccc(N(Cc2ccccc2)C(=O)COC(=O)c2ccc(Cl)nc2)c1. The van der Waals surface area contributed by atoms with Crippen LogP contribution in [0.25, 0.3) is 0 Å². The topological polar surface area (TPSA) is 59.5 Å². The molecule has 0 radical (unpaired) electrons. The minimum absolute atomic E-state index is 0.238. The van der Waals surface area contributed by atoms with Gasteiger partial charge in [-0.15, -0.1) is 0 Å². The lowest BCUT2D eigenvalue weighted by Gasteiger charge is -2.23. The number of halogens is 1. The van der Waals surface area contributed by atoms with Crippen molar-refractivity contribution >= 4 is 29.2 Å². The fraction of sp³-hybridized carbons (Fsp3) is 0.136. The lowest BCUT2D eigenvalue weighted by Crippen LogP contribution is -2.34. The Morgan fingerprint density at radius 2 is 1.82 bits per heavy atom. The van der Waals surface area contributed by atoms with E-state index in [4.69, 9.17) is 16.3 Å². The standard InChI is InChI=1S/C22H19ClN2O3/c1-16-6-5-9-19(12-16)25(14-17-7-3-2-4-8-17)21(26)15-28-22(27)18-10-11-20(23)24-13-18/h2-13H,14-15H2,1H3. The van der Waals surface area contributed by atoms with E-state index in [0.717, 1.165) is 16.8 Å². The molecule has 0 aliphatic heterocycles. The van der Waals surface area contributed by atoms with Crippen molar-refractivity contribution in [1.82, 2.24) is 4.98 Å². The van der Waals surface area contributed by atoms with E-state index in [9.17, 15) is 9.59 Å². The number of hydrogen-bond acceptors (Lipinski definition) is 4. The number of pyridine rings is 1. The van der Waals surface area contributed by atoms with E-state index < -0.39 is 5.97 Å². The van der Waals surface area contributed by atoms with Gasteiger partial charge in [-0.05, 0) is 42.3 Å². The van der Waals surface area contributed by atoms with Gasteiger partial charge >= 0.3 is 5.97 Å². The second-order valence-electron chi connectivity index (χ2n) is 6.25. The van der Waals surface area contributed by atoms with Crippen LogP contribution >= 0.6 is 11.6 Å². The van der Waals surface area contributed by atoms with Crippen molar-refractivity contribution in [2.24, 2.45) is 0 Å². The highest BCUT2D eigenvalue weighted by Gasteiger charge is 2.19. The second-order valence-corrected chi connectivity index (χ2v) is 6.64. The molecule has 142 valence electrons. The normalized spacial score (nSPS) is 10.4.